The van der Waals surface area contributed by atoms with E-state index < -0.39 is 10.9 Å². The molecule has 0 amide bonds. The number of esters is 1. The summed E-state index contributed by atoms with van der Waals surface area (Å²) in [7, 11) is 1.20. The molecule has 20 heavy (non-hydrogen) atoms. The summed E-state index contributed by atoms with van der Waals surface area (Å²) in [5, 5.41) is 10.9. The summed E-state index contributed by atoms with van der Waals surface area (Å²) in [6, 6.07) is 4.46. The van der Waals surface area contributed by atoms with E-state index in [2.05, 4.69) is 4.74 Å². The van der Waals surface area contributed by atoms with E-state index in [1.165, 1.54) is 24.8 Å². The number of nitrogens with zero attached hydrogens (tertiary/aromatic N) is 1. The van der Waals surface area contributed by atoms with Gasteiger partial charge in [0.1, 0.15) is 5.56 Å². The fourth-order valence-electron chi connectivity index (χ4n) is 2.09. The van der Waals surface area contributed by atoms with E-state index in [1.54, 1.807) is 6.07 Å². The number of benzene rings is 1. The molecule has 2 rings (SSSR count). The molecule has 0 bridgehead atoms. The third-order valence-electron chi connectivity index (χ3n) is 3.13. The molecule has 1 saturated heterocycles. The Bertz CT molecular complexity index is 557. The van der Waals surface area contributed by atoms with Gasteiger partial charge in [0.25, 0.3) is 5.69 Å². The fourth-order valence-corrected chi connectivity index (χ4v) is 2.09. The maximum Gasteiger partial charge on any atom is 0.344 e. The Morgan fingerprint density at radius 3 is 2.70 bits per heavy atom. The summed E-state index contributed by atoms with van der Waals surface area (Å²) < 4.78 is 9.85. The lowest BCUT2D eigenvalue weighted by molar-refractivity contribution is -0.385. The van der Waals surface area contributed by atoms with Gasteiger partial charge in [-0.3, -0.25) is 10.1 Å². The largest absolute Gasteiger partial charge is 0.465 e. The highest BCUT2D eigenvalue weighted by Crippen LogP contribution is 2.24. The van der Waals surface area contributed by atoms with Gasteiger partial charge in [-0.15, -0.1) is 0 Å². The SMILES string of the molecule is COC(=O)c1cc(C=C2CCOCC2)ccc1[N+](=O)[O-]. The van der Waals surface area contributed by atoms with E-state index in [1.807, 2.05) is 6.08 Å². The molecular weight excluding hydrogens is 262 g/mol. The molecule has 1 aromatic carbocycles. The molecule has 1 aromatic rings. The average Bonchev–Trinajstić information content (AvgIpc) is 2.47. The summed E-state index contributed by atoms with van der Waals surface area (Å²) in [4.78, 5) is 21.9. The number of methoxy groups -OCH3 is 1. The first-order valence-electron chi connectivity index (χ1n) is 6.26. The van der Waals surface area contributed by atoms with Gasteiger partial charge in [0.2, 0.25) is 0 Å². The lowest BCUT2D eigenvalue weighted by atomic mass is 10.0. The van der Waals surface area contributed by atoms with Crippen molar-refractivity contribution < 1.29 is 19.2 Å². The highest BCUT2D eigenvalue weighted by atomic mass is 16.6. The minimum Gasteiger partial charge on any atom is -0.465 e. The summed E-state index contributed by atoms with van der Waals surface area (Å²) in [5.41, 5.74) is 1.69. The molecule has 106 valence electrons. The maximum atomic E-state index is 11.6. The van der Waals surface area contributed by atoms with E-state index in [0.29, 0.717) is 13.2 Å². The van der Waals surface area contributed by atoms with Gasteiger partial charge in [0, 0.05) is 6.07 Å². The first kappa shape index (κ1) is 14.2. The predicted octanol–water partition coefficient (Wildman–Crippen LogP) is 2.58. The zero-order valence-corrected chi connectivity index (χ0v) is 11.1. The Kier molecular flexibility index (Phi) is 4.47. The molecule has 0 spiro atoms. The predicted molar refractivity (Wildman–Crippen MR) is 72.5 cm³/mol. The van der Waals surface area contributed by atoms with Gasteiger partial charge >= 0.3 is 5.97 Å². The molecule has 1 aliphatic rings. The fraction of sp³-hybridized carbons (Fsp3) is 0.357. The number of hydrogen-bond donors (Lipinski definition) is 0. The molecule has 0 atom stereocenters. The number of nitro benzene ring substituents is 1. The van der Waals surface area contributed by atoms with Crippen LogP contribution in [0.2, 0.25) is 0 Å². The van der Waals surface area contributed by atoms with Gasteiger partial charge in [-0.1, -0.05) is 11.6 Å². The molecule has 6 nitrogen and oxygen atoms in total. The zero-order valence-electron chi connectivity index (χ0n) is 11.1. The van der Waals surface area contributed by atoms with Crippen molar-refractivity contribution in [2.24, 2.45) is 0 Å². The van der Waals surface area contributed by atoms with Gasteiger partial charge in [-0.2, -0.15) is 0 Å². The molecule has 6 heteroatoms. The number of hydrogen-bond acceptors (Lipinski definition) is 5. The van der Waals surface area contributed by atoms with E-state index in [9.17, 15) is 14.9 Å². The minimum atomic E-state index is -0.705. The van der Waals surface area contributed by atoms with Crippen molar-refractivity contribution in [3.63, 3.8) is 0 Å². The number of ether oxygens (including phenoxy) is 2. The third kappa shape index (κ3) is 3.21. The number of nitro groups is 1. The van der Waals surface area contributed by atoms with Crippen molar-refractivity contribution in [2.75, 3.05) is 20.3 Å². The average molecular weight is 277 g/mol. The third-order valence-corrected chi connectivity index (χ3v) is 3.13. The minimum absolute atomic E-state index is 0.0288. The van der Waals surface area contributed by atoms with Crippen molar-refractivity contribution >= 4 is 17.7 Å². The number of carbonyl (C=O) groups excluding carboxylic acids is 1. The Morgan fingerprint density at radius 1 is 1.40 bits per heavy atom. The number of carbonyl (C=O) groups is 1. The second-order valence-electron chi connectivity index (χ2n) is 4.44. The molecule has 1 fully saturated rings. The van der Waals surface area contributed by atoms with Crippen LogP contribution in [0, 0.1) is 10.1 Å². The Morgan fingerprint density at radius 2 is 2.10 bits per heavy atom. The van der Waals surface area contributed by atoms with Crippen LogP contribution >= 0.6 is 0 Å². The first-order valence-corrected chi connectivity index (χ1v) is 6.26. The van der Waals surface area contributed by atoms with E-state index in [0.717, 1.165) is 18.4 Å². The van der Waals surface area contributed by atoms with Gasteiger partial charge in [-0.25, -0.2) is 4.79 Å². The van der Waals surface area contributed by atoms with Crippen LogP contribution in [-0.2, 0) is 9.47 Å². The normalized spacial score (nSPS) is 14.8. The van der Waals surface area contributed by atoms with Gasteiger partial charge in [0.05, 0.1) is 25.2 Å². The highest BCUT2D eigenvalue weighted by Gasteiger charge is 2.21. The van der Waals surface area contributed by atoms with Crippen molar-refractivity contribution in [3.8, 4) is 0 Å². The van der Waals surface area contributed by atoms with E-state index >= 15 is 0 Å². The molecular formula is C14H15NO5. The van der Waals surface area contributed by atoms with Gasteiger partial charge in [0.15, 0.2) is 0 Å². The van der Waals surface area contributed by atoms with Crippen molar-refractivity contribution in [3.05, 3.63) is 45.0 Å². The Labute approximate surface area is 116 Å². The molecule has 0 radical (unpaired) electrons. The molecule has 0 unspecified atom stereocenters. The quantitative estimate of drug-likeness (QED) is 0.482. The molecule has 0 aliphatic carbocycles. The van der Waals surface area contributed by atoms with E-state index in [-0.39, 0.29) is 11.3 Å². The van der Waals surface area contributed by atoms with Crippen molar-refractivity contribution in [1.82, 2.24) is 0 Å². The summed E-state index contributed by atoms with van der Waals surface area (Å²) in [6.45, 7) is 1.37. The topological polar surface area (TPSA) is 78.7 Å². The summed E-state index contributed by atoms with van der Waals surface area (Å²) in [5.74, 6) is -0.705. The van der Waals surface area contributed by atoms with Crippen LogP contribution in [0.15, 0.2) is 23.8 Å². The van der Waals surface area contributed by atoms with Crippen LogP contribution in [0.5, 0.6) is 0 Å². The Hall–Kier alpha value is -2.21. The second-order valence-corrected chi connectivity index (χ2v) is 4.44. The lowest BCUT2D eigenvalue weighted by Crippen LogP contribution is -2.08. The summed E-state index contributed by atoms with van der Waals surface area (Å²) in [6.07, 6.45) is 3.62. The Balaban J connectivity index is 2.36. The van der Waals surface area contributed by atoms with Crippen LogP contribution in [0.25, 0.3) is 6.08 Å². The first-order chi connectivity index (χ1) is 9.61. The molecule has 0 aromatic heterocycles. The smallest absolute Gasteiger partial charge is 0.344 e. The van der Waals surface area contributed by atoms with Gasteiger partial charge < -0.3 is 9.47 Å². The molecule has 1 aliphatic heterocycles. The van der Waals surface area contributed by atoms with Crippen LogP contribution in [0.1, 0.15) is 28.8 Å². The standard InChI is InChI=1S/C14H15NO5/c1-19-14(16)12-9-11(2-3-13(12)15(17)18)8-10-4-6-20-7-5-10/h2-3,8-9H,4-7H2,1H3. The van der Waals surface area contributed by atoms with Crippen LogP contribution in [0.3, 0.4) is 0 Å². The van der Waals surface area contributed by atoms with Crippen molar-refractivity contribution in [1.29, 1.82) is 0 Å². The zero-order chi connectivity index (χ0) is 14.5. The molecule has 1 heterocycles. The van der Waals surface area contributed by atoms with Crippen LogP contribution in [0.4, 0.5) is 5.69 Å². The second kappa shape index (κ2) is 6.29. The van der Waals surface area contributed by atoms with Gasteiger partial charge in [-0.05, 0) is 30.5 Å². The maximum absolute atomic E-state index is 11.6. The van der Waals surface area contributed by atoms with Crippen LogP contribution in [-0.4, -0.2) is 31.2 Å². The van der Waals surface area contributed by atoms with Crippen molar-refractivity contribution in [2.45, 2.75) is 12.8 Å². The van der Waals surface area contributed by atoms with E-state index in [4.69, 9.17) is 4.74 Å². The molecule has 0 N–H and O–H groups in total. The van der Waals surface area contributed by atoms with Crippen LogP contribution < -0.4 is 0 Å². The molecule has 0 saturated carbocycles. The highest BCUT2D eigenvalue weighted by molar-refractivity contribution is 5.94. The monoisotopic (exact) mass is 277 g/mol. The number of rotatable bonds is 3. The lowest BCUT2D eigenvalue weighted by Gasteiger charge is -2.14. The summed E-state index contributed by atoms with van der Waals surface area (Å²) >= 11 is 0.